The molecule has 0 bridgehead atoms. The lowest BCUT2D eigenvalue weighted by Crippen LogP contribution is -2.28. The molecule has 112 valence electrons. The third-order valence-electron chi connectivity index (χ3n) is 2.70. The number of aliphatic hydroxyl groups is 1. The van der Waals surface area contributed by atoms with Crippen molar-refractivity contribution in [3.63, 3.8) is 0 Å². The van der Waals surface area contributed by atoms with Crippen LogP contribution in [0.1, 0.15) is 26.3 Å². The Balaban J connectivity index is 2.18. The topological polar surface area (TPSA) is 88.1 Å². The van der Waals surface area contributed by atoms with E-state index >= 15 is 0 Å². The number of rotatable bonds is 6. The normalized spacial score (nSPS) is 12.2. The van der Waals surface area contributed by atoms with Crippen LogP contribution in [0, 0.1) is 0 Å². The van der Waals surface area contributed by atoms with Crippen molar-refractivity contribution in [1.82, 2.24) is 15.0 Å². The van der Waals surface area contributed by atoms with Crippen LogP contribution < -0.4 is 4.74 Å². The molecule has 2 N–H and O–H groups in total. The maximum Gasteiger partial charge on any atom is 0.233 e. The van der Waals surface area contributed by atoms with Crippen molar-refractivity contribution in [2.75, 3.05) is 6.61 Å². The van der Waals surface area contributed by atoms with Crippen LogP contribution in [0.5, 0.6) is 5.88 Å². The molecule has 0 atom stereocenters. The Hall–Kier alpha value is -2.21. The van der Waals surface area contributed by atoms with E-state index in [0.717, 1.165) is 5.56 Å². The first-order valence-corrected chi connectivity index (χ1v) is 6.70. The standard InChI is InChI=1S/C15H19N3O3/c1-10(19)5-4-6-11-7-16-14-13(11)18-12(8-17-14)21-9-15(2,3)20/h4-5,7-8,20H,6,9H2,1-3H3,(H,16,17). The van der Waals surface area contributed by atoms with Crippen molar-refractivity contribution in [3.8, 4) is 5.88 Å². The van der Waals surface area contributed by atoms with E-state index in [2.05, 4.69) is 15.0 Å². The lowest BCUT2D eigenvalue weighted by molar-refractivity contribution is -0.112. The van der Waals surface area contributed by atoms with Gasteiger partial charge in [0.1, 0.15) is 12.1 Å². The molecule has 2 aromatic heterocycles. The summed E-state index contributed by atoms with van der Waals surface area (Å²) in [5.41, 5.74) is 1.37. The van der Waals surface area contributed by atoms with E-state index in [1.54, 1.807) is 19.9 Å². The summed E-state index contributed by atoms with van der Waals surface area (Å²) in [4.78, 5) is 22.6. The van der Waals surface area contributed by atoms with Gasteiger partial charge >= 0.3 is 0 Å². The fourth-order valence-electron chi connectivity index (χ4n) is 1.75. The largest absolute Gasteiger partial charge is 0.474 e. The summed E-state index contributed by atoms with van der Waals surface area (Å²) < 4.78 is 5.44. The van der Waals surface area contributed by atoms with Gasteiger partial charge in [-0.3, -0.25) is 4.79 Å². The molecule has 21 heavy (non-hydrogen) atoms. The second kappa shape index (κ2) is 6.05. The van der Waals surface area contributed by atoms with Crippen LogP contribution in [-0.2, 0) is 11.2 Å². The fraction of sp³-hybridized carbons (Fsp3) is 0.400. The van der Waals surface area contributed by atoms with Crippen molar-refractivity contribution < 1.29 is 14.6 Å². The third kappa shape index (κ3) is 4.39. The summed E-state index contributed by atoms with van der Waals surface area (Å²) in [6.07, 6.45) is 7.23. The molecule has 0 aromatic carbocycles. The maximum atomic E-state index is 10.9. The fourth-order valence-corrected chi connectivity index (χ4v) is 1.75. The zero-order valence-corrected chi connectivity index (χ0v) is 12.4. The average molecular weight is 289 g/mol. The van der Waals surface area contributed by atoms with Crippen molar-refractivity contribution >= 4 is 16.9 Å². The Morgan fingerprint density at radius 3 is 2.95 bits per heavy atom. The number of ether oxygens (including phenoxy) is 1. The number of hydrogen-bond acceptors (Lipinski definition) is 5. The van der Waals surface area contributed by atoms with Crippen molar-refractivity contribution in [2.45, 2.75) is 32.8 Å². The van der Waals surface area contributed by atoms with E-state index < -0.39 is 5.60 Å². The van der Waals surface area contributed by atoms with Gasteiger partial charge in [0.2, 0.25) is 5.88 Å². The van der Waals surface area contributed by atoms with E-state index in [1.807, 2.05) is 6.20 Å². The monoisotopic (exact) mass is 289 g/mol. The van der Waals surface area contributed by atoms with Gasteiger partial charge in [-0.05, 0) is 33.3 Å². The van der Waals surface area contributed by atoms with Gasteiger partial charge in [0, 0.05) is 11.8 Å². The van der Waals surface area contributed by atoms with E-state index in [9.17, 15) is 9.90 Å². The summed E-state index contributed by atoms with van der Waals surface area (Å²) >= 11 is 0. The van der Waals surface area contributed by atoms with Crippen molar-refractivity contribution in [3.05, 3.63) is 30.1 Å². The lowest BCUT2D eigenvalue weighted by Gasteiger charge is -2.16. The first-order valence-electron chi connectivity index (χ1n) is 6.70. The van der Waals surface area contributed by atoms with Gasteiger partial charge in [-0.15, -0.1) is 0 Å². The third-order valence-corrected chi connectivity index (χ3v) is 2.70. The highest BCUT2D eigenvalue weighted by Gasteiger charge is 2.14. The second-order valence-corrected chi connectivity index (χ2v) is 5.54. The van der Waals surface area contributed by atoms with E-state index in [-0.39, 0.29) is 12.4 Å². The van der Waals surface area contributed by atoms with Gasteiger partial charge in [0.25, 0.3) is 0 Å². The second-order valence-electron chi connectivity index (χ2n) is 5.54. The summed E-state index contributed by atoms with van der Waals surface area (Å²) in [7, 11) is 0. The molecule has 0 saturated heterocycles. The van der Waals surface area contributed by atoms with E-state index in [4.69, 9.17) is 4.74 Å². The minimum atomic E-state index is -0.929. The van der Waals surface area contributed by atoms with E-state index in [1.165, 1.54) is 19.2 Å². The number of carbonyl (C=O) groups is 1. The predicted molar refractivity (Wildman–Crippen MR) is 79.2 cm³/mol. The Labute approximate surface area is 122 Å². The molecule has 0 aliphatic carbocycles. The van der Waals surface area contributed by atoms with Gasteiger partial charge in [-0.2, -0.15) is 0 Å². The van der Waals surface area contributed by atoms with Crippen LogP contribution in [0.25, 0.3) is 11.2 Å². The van der Waals surface area contributed by atoms with Crippen LogP contribution in [0.3, 0.4) is 0 Å². The van der Waals surface area contributed by atoms with Gasteiger partial charge in [0.05, 0.1) is 11.8 Å². The van der Waals surface area contributed by atoms with Gasteiger partial charge in [-0.25, -0.2) is 9.97 Å². The van der Waals surface area contributed by atoms with Gasteiger partial charge in [0.15, 0.2) is 11.4 Å². The number of hydrogen-bond donors (Lipinski definition) is 2. The molecule has 6 nitrogen and oxygen atoms in total. The van der Waals surface area contributed by atoms with Crippen LogP contribution in [0.2, 0.25) is 0 Å². The SMILES string of the molecule is CC(=O)C=CCc1c[nH]c2ncc(OCC(C)(C)O)nc12. The van der Waals surface area contributed by atoms with Crippen molar-refractivity contribution in [1.29, 1.82) is 0 Å². The predicted octanol–water partition coefficient (Wildman–Crippen LogP) is 1.80. The lowest BCUT2D eigenvalue weighted by atomic mass is 10.2. The van der Waals surface area contributed by atoms with E-state index in [0.29, 0.717) is 23.5 Å². The smallest absolute Gasteiger partial charge is 0.233 e. The molecule has 6 heteroatoms. The number of carbonyl (C=O) groups excluding carboxylic acids is 1. The molecule has 0 unspecified atom stereocenters. The number of nitrogens with one attached hydrogen (secondary N) is 1. The first kappa shape index (κ1) is 15.2. The molecule has 0 spiro atoms. The summed E-state index contributed by atoms with van der Waals surface area (Å²) in [6, 6.07) is 0. The van der Waals surface area contributed by atoms with Crippen LogP contribution in [-0.4, -0.2) is 38.0 Å². The molecular formula is C15H19N3O3. The summed E-state index contributed by atoms with van der Waals surface area (Å²) in [5.74, 6) is 0.371. The Morgan fingerprint density at radius 1 is 1.52 bits per heavy atom. The Morgan fingerprint density at radius 2 is 2.29 bits per heavy atom. The molecule has 2 rings (SSSR count). The molecule has 0 radical (unpaired) electrons. The zero-order chi connectivity index (χ0) is 15.5. The molecule has 0 aliphatic heterocycles. The number of fused-ring (bicyclic) bond motifs is 1. The zero-order valence-electron chi connectivity index (χ0n) is 12.4. The number of H-pyrrole nitrogens is 1. The molecule has 0 saturated carbocycles. The molecule has 0 amide bonds. The minimum Gasteiger partial charge on any atom is -0.474 e. The Bertz CT molecular complexity index is 668. The van der Waals surface area contributed by atoms with Gasteiger partial charge in [-0.1, -0.05) is 6.08 Å². The highest BCUT2D eigenvalue weighted by Crippen LogP contribution is 2.18. The van der Waals surface area contributed by atoms with Crippen LogP contribution >= 0.6 is 0 Å². The minimum absolute atomic E-state index is 0.00938. The van der Waals surface area contributed by atoms with Crippen LogP contribution in [0.4, 0.5) is 0 Å². The quantitative estimate of drug-likeness (QED) is 0.792. The maximum absolute atomic E-state index is 10.9. The highest BCUT2D eigenvalue weighted by atomic mass is 16.5. The number of aromatic amines is 1. The molecule has 0 fully saturated rings. The number of allylic oxidation sites excluding steroid dienone is 2. The van der Waals surface area contributed by atoms with Gasteiger partial charge < -0.3 is 14.8 Å². The highest BCUT2D eigenvalue weighted by molar-refractivity contribution is 5.87. The van der Waals surface area contributed by atoms with Crippen molar-refractivity contribution in [2.24, 2.45) is 0 Å². The summed E-state index contributed by atoms with van der Waals surface area (Å²) in [5, 5.41) is 9.65. The van der Waals surface area contributed by atoms with Crippen LogP contribution in [0.15, 0.2) is 24.5 Å². The summed E-state index contributed by atoms with van der Waals surface area (Å²) in [6.45, 7) is 4.96. The average Bonchev–Trinajstić information content (AvgIpc) is 2.78. The number of ketones is 1. The molecule has 2 aromatic rings. The molecular weight excluding hydrogens is 270 g/mol. The number of nitrogens with zero attached hydrogens (tertiary/aromatic N) is 2. The molecule has 2 heterocycles. The molecule has 0 aliphatic rings. The number of aromatic nitrogens is 3. The first-order chi connectivity index (χ1) is 9.85. The Kier molecular flexibility index (Phi) is 4.37.